The van der Waals surface area contributed by atoms with Crippen LogP contribution in [0.25, 0.3) is 0 Å². The van der Waals surface area contributed by atoms with Crippen LogP contribution in [0.2, 0.25) is 0 Å². The minimum atomic E-state index is -3.68. The first kappa shape index (κ1) is 15.5. The number of halogens is 1. The molecule has 0 N–H and O–H groups in total. The van der Waals surface area contributed by atoms with Gasteiger partial charge in [0, 0.05) is 12.4 Å². The quantitative estimate of drug-likeness (QED) is 0.782. The molecule has 0 aromatic heterocycles. The van der Waals surface area contributed by atoms with E-state index >= 15 is 0 Å². The SMILES string of the molecule is CN(c1ccccc1C#N)S(=O)(=O)c1ccc(CBr)cc1. The topological polar surface area (TPSA) is 61.2 Å². The maximum absolute atomic E-state index is 12.6. The lowest BCUT2D eigenvalue weighted by atomic mass is 10.2. The molecule has 6 heteroatoms. The summed E-state index contributed by atoms with van der Waals surface area (Å²) in [6, 6.07) is 15.3. The first-order valence-electron chi connectivity index (χ1n) is 6.13. The van der Waals surface area contributed by atoms with Crippen molar-refractivity contribution < 1.29 is 8.42 Å². The molecule has 0 saturated carbocycles. The van der Waals surface area contributed by atoms with Gasteiger partial charge in [0.2, 0.25) is 0 Å². The molecule has 4 nitrogen and oxygen atoms in total. The van der Waals surface area contributed by atoms with E-state index in [9.17, 15) is 8.42 Å². The third kappa shape index (κ3) is 3.09. The fourth-order valence-corrected chi connectivity index (χ4v) is 3.47. The Labute approximate surface area is 132 Å². The molecule has 2 aromatic rings. The Morgan fingerprint density at radius 2 is 1.76 bits per heavy atom. The van der Waals surface area contributed by atoms with Gasteiger partial charge in [-0.15, -0.1) is 0 Å². The van der Waals surface area contributed by atoms with Crippen molar-refractivity contribution in [1.82, 2.24) is 0 Å². The van der Waals surface area contributed by atoms with Gasteiger partial charge in [0.1, 0.15) is 6.07 Å². The van der Waals surface area contributed by atoms with Crippen LogP contribution in [0.1, 0.15) is 11.1 Å². The summed E-state index contributed by atoms with van der Waals surface area (Å²) >= 11 is 3.32. The Morgan fingerprint density at radius 1 is 1.14 bits per heavy atom. The summed E-state index contributed by atoms with van der Waals surface area (Å²) in [6.45, 7) is 0. The Balaban J connectivity index is 2.45. The Bertz CT molecular complexity index is 780. The van der Waals surface area contributed by atoms with Crippen LogP contribution < -0.4 is 4.31 Å². The standard InChI is InChI=1S/C15H13BrN2O2S/c1-18(15-5-3-2-4-13(15)11-17)21(19,20)14-8-6-12(10-16)7-9-14/h2-9H,10H2,1H3. The molecule has 2 rings (SSSR count). The van der Waals surface area contributed by atoms with Crippen molar-refractivity contribution in [3.05, 3.63) is 59.7 Å². The molecule has 0 amide bonds. The summed E-state index contributed by atoms with van der Waals surface area (Å²) in [5.74, 6) is 0. The van der Waals surface area contributed by atoms with Crippen LogP contribution in [-0.4, -0.2) is 15.5 Å². The molecule has 2 aromatic carbocycles. The highest BCUT2D eigenvalue weighted by Gasteiger charge is 2.22. The zero-order valence-corrected chi connectivity index (χ0v) is 13.7. The van der Waals surface area contributed by atoms with Gasteiger partial charge in [-0.2, -0.15) is 5.26 Å². The van der Waals surface area contributed by atoms with E-state index in [4.69, 9.17) is 5.26 Å². The number of hydrogen-bond acceptors (Lipinski definition) is 3. The number of hydrogen-bond donors (Lipinski definition) is 0. The molecule has 0 aliphatic rings. The van der Waals surface area contributed by atoms with Crippen molar-refractivity contribution in [3.8, 4) is 6.07 Å². The van der Waals surface area contributed by atoms with Crippen LogP contribution in [0.4, 0.5) is 5.69 Å². The predicted molar refractivity (Wildman–Crippen MR) is 85.8 cm³/mol. The third-order valence-electron chi connectivity index (χ3n) is 3.10. The number of benzene rings is 2. The molecule has 0 unspecified atom stereocenters. The predicted octanol–water partition coefficient (Wildman–Crippen LogP) is 3.28. The number of sulfonamides is 1. The molecular weight excluding hydrogens is 352 g/mol. The summed E-state index contributed by atoms with van der Waals surface area (Å²) in [4.78, 5) is 0.197. The molecule has 21 heavy (non-hydrogen) atoms. The van der Waals surface area contributed by atoms with Crippen molar-refractivity contribution in [2.45, 2.75) is 10.2 Å². The van der Waals surface area contributed by atoms with Crippen molar-refractivity contribution in [3.63, 3.8) is 0 Å². The zero-order chi connectivity index (χ0) is 15.5. The van der Waals surface area contributed by atoms with Crippen molar-refractivity contribution >= 4 is 31.6 Å². The highest BCUT2D eigenvalue weighted by molar-refractivity contribution is 9.08. The average molecular weight is 365 g/mol. The Hall–Kier alpha value is -1.84. The second kappa shape index (κ2) is 6.29. The third-order valence-corrected chi connectivity index (χ3v) is 5.53. The molecule has 108 valence electrons. The Morgan fingerprint density at radius 3 is 2.33 bits per heavy atom. The summed E-state index contributed by atoms with van der Waals surface area (Å²) in [5.41, 5.74) is 1.68. The van der Waals surface area contributed by atoms with Crippen LogP contribution in [-0.2, 0) is 15.4 Å². The van der Waals surface area contributed by atoms with Crippen LogP contribution in [0.3, 0.4) is 0 Å². The lowest BCUT2D eigenvalue weighted by Gasteiger charge is -2.20. The second-order valence-corrected chi connectivity index (χ2v) is 6.91. The van der Waals surface area contributed by atoms with E-state index in [1.807, 2.05) is 6.07 Å². The number of para-hydroxylation sites is 1. The highest BCUT2D eigenvalue weighted by atomic mass is 79.9. The molecule has 0 saturated heterocycles. The van der Waals surface area contributed by atoms with Gasteiger partial charge in [0.25, 0.3) is 10.0 Å². The van der Waals surface area contributed by atoms with Gasteiger partial charge in [-0.25, -0.2) is 8.42 Å². The van der Waals surface area contributed by atoms with E-state index in [1.165, 1.54) is 7.05 Å². The van der Waals surface area contributed by atoms with Gasteiger partial charge in [0.05, 0.1) is 16.1 Å². The van der Waals surface area contributed by atoms with E-state index in [0.29, 0.717) is 16.6 Å². The van der Waals surface area contributed by atoms with Crippen LogP contribution in [0.5, 0.6) is 0 Å². The first-order valence-corrected chi connectivity index (χ1v) is 8.70. The van der Waals surface area contributed by atoms with Gasteiger partial charge in [-0.05, 0) is 29.8 Å². The van der Waals surface area contributed by atoms with Crippen molar-refractivity contribution in [2.24, 2.45) is 0 Å². The van der Waals surface area contributed by atoms with Crippen LogP contribution in [0.15, 0.2) is 53.4 Å². The molecule has 0 spiro atoms. The summed E-state index contributed by atoms with van der Waals surface area (Å²) in [6.07, 6.45) is 0. The minimum absolute atomic E-state index is 0.197. The molecule has 0 fully saturated rings. The number of nitriles is 1. The van der Waals surface area contributed by atoms with Crippen LogP contribution in [0, 0.1) is 11.3 Å². The molecule has 0 radical (unpaired) electrons. The summed E-state index contributed by atoms with van der Waals surface area (Å²) < 4.78 is 26.3. The fraction of sp³-hybridized carbons (Fsp3) is 0.133. The largest absolute Gasteiger partial charge is 0.268 e. The fourth-order valence-electron chi connectivity index (χ4n) is 1.88. The Kier molecular flexibility index (Phi) is 4.66. The first-order chi connectivity index (χ1) is 10.0. The normalized spacial score (nSPS) is 10.9. The number of rotatable bonds is 4. The molecule has 0 aliphatic carbocycles. The summed E-state index contributed by atoms with van der Waals surface area (Å²) in [5, 5.41) is 9.76. The molecule has 0 atom stereocenters. The number of anilines is 1. The monoisotopic (exact) mass is 364 g/mol. The van der Waals surface area contributed by atoms with Crippen LogP contribution >= 0.6 is 15.9 Å². The average Bonchev–Trinajstić information content (AvgIpc) is 2.54. The molecule has 0 bridgehead atoms. The van der Waals surface area contributed by atoms with E-state index in [1.54, 1.807) is 48.5 Å². The molecule has 0 aliphatic heterocycles. The van der Waals surface area contributed by atoms with E-state index < -0.39 is 10.0 Å². The maximum Gasteiger partial charge on any atom is 0.264 e. The van der Waals surface area contributed by atoms with Gasteiger partial charge in [-0.3, -0.25) is 4.31 Å². The minimum Gasteiger partial charge on any atom is -0.268 e. The van der Waals surface area contributed by atoms with E-state index in [2.05, 4.69) is 15.9 Å². The second-order valence-electron chi connectivity index (χ2n) is 4.38. The van der Waals surface area contributed by atoms with E-state index in [-0.39, 0.29) is 4.90 Å². The number of alkyl halides is 1. The van der Waals surface area contributed by atoms with Crippen molar-refractivity contribution in [1.29, 1.82) is 5.26 Å². The molecule has 0 heterocycles. The maximum atomic E-state index is 12.6. The van der Waals surface area contributed by atoms with Gasteiger partial charge in [0.15, 0.2) is 0 Å². The van der Waals surface area contributed by atoms with Gasteiger partial charge >= 0.3 is 0 Å². The molecular formula is C15H13BrN2O2S. The van der Waals surface area contributed by atoms with E-state index in [0.717, 1.165) is 9.87 Å². The lowest BCUT2D eigenvalue weighted by Crippen LogP contribution is -2.27. The summed E-state index contributed by atoms with van der Waals surface area (Å²) in [7, 11) is -2.23. The smallest absolute Gasteiger partial charge is 0.264 e. The van der Waals surface area contributed by atoms with Gasteiger partial charge in [-0.1, -0.05) is 40.2 Å². The number of nitrogens with zero attached hydrogens (tertiary/aromatic N) is 2. The highest BCUT2D eigenvalue weighted by Crippen LogP contribution is 2.25. The zero-order valence-electron chi connectivity index (χ0n) is 11.3. The van der Waals surface area contributed by atoms with Gasteiger partial charge < -0.3 is 0 Å². The van der Waals surface area contributed by atoms with Crippen molar-refractivity contribution in [2.75, 3.05) is 11.4 Å². The lowest BCUT2D eigenvalue weighted by molar-refractivity contribution is 0.594.